The number of hydrogen-bond donors (Lipinski definition) is 1. The van der Waals surface area contributed by atoms with Gasteiger partial charge in [-0.3, -0.25) is 4.79 Å². The summed E-state index contributed by atoms with van der Waals surface area (Å²) in [5.74, 6) is 0.793. The van der Waals surface area contributed by atoms with E-state index >= 15 is 0 Å². The smallest absolute Gasteiger partial charge is 0.259 e. The standard InChI is InChI=1S/C19H25Cl2NO3/c1-11(2)9-25-17-12-6-14(20)15(21)7-13(12)18(24)22(16(17)8-23)10-19(3,4)5/h6-7,11,23H,8-10H2,1-5H3. The molecule has 138 valence electrons. The SMILES string of the molecule is CC(C)COc1c(CO)n(CC(C)(C)C)c(=O)c2cc(Cl)c(Cl)cc12. The quantitative estimate of drug-likeness (QED) is 0.797. The molecule has 0 fully saturated rings. The molecule has 0 unspecified atom stereocenters. The maximum absolute atomic E-state index is 13.0. The van der Waals surface area contributed by atoms with Crippen LogP contribution in [-0.4, -0.2) is 16.3 Å². The van der Waals surface area contributed by atoms with Gasteiger partial charge in [-0.2, -0.15) is 0 Å². The summed E-state index contributed by atoms with van der Waals surface area (Å²) < 4.78 is 7.57. The predicted octanol–water partition coefficient (Wildman–Crippen LogP) is 4.88. The minimum atomic E-state index is -0.297. The van der Waals surface area contributed by atoms with Crippen molar-refractivity contribution < 1.29 is 9.84 Å². The van der Waals surface area contributed by atoms with Gasteiger partial charge in [-0.15, -0.1) is 0 Å². The Morgan fingerprint density at radius 2 is 1.72 bits per heavy atom. The van der Waals surface area contributed by atoms with E-state index in [1.807, 2.05) is 34.6 Å². The molecule has 0 saturated carbocycles. The first-order chi connectivity index (χ1) is 11.5. The molecule has 0 aliphatic heterocycles. The number of nitrogens with zero attached hydrogens (tertiary/aromatic N) is 1. The summed E-state index contributed by atoms with van der Waals surface area (Å²) in [6.07, 6.45) is 0. The molecule has 4 nitrogen and oxygen atoms in total. The van der Waals surface area contributed by atoms with Crippen LogP contribution < -0.4 is 10.3 Å². The van der Waals surface area contributed by atoms with Crippen LogP contribution in [0.1, 0.15) is 40.3 Å². The molecule has 25 heavy (non-hydrogen) atoms. The van der Waals surface area contributed by atoms with Gasteiger partial charge in [0.2, 0.25) is 0 Å². The minimum absolute atomic E-state index is 0.146. The van der Waals surface area contributed by atoms with Crippen LogP contribution >= 0.6 is 23.2 Å². The van der Waals surface area contributed by atoms with Crippen LogP contribution in [0.4, 0.5) is 0 Å². The first-order valence-electron chi connectivity index (χ1n) is 8.33. The molecule has 0 spiro atoms. The zero-order chi connectivity index (χ0) is 18.9. The van der Waals surface area contributed by atoms with Gasteiger partial charge < -0.3 is 14.4 Å². The van der Waals surface area contributed by atoms with Crippen molar-refractivity contribution in [1.29, 1.82) is 0 Å². The minimum Gasteiger partial charge on any atom is -0.491 e. The molecule has 2 aromatic rings. The van der Waals surface area contributed by atoms with E-state index < -0.39 is 0 Å². The lowest BCUT2D eigenvalue weighted by Crippen LogP contribution is -2.30. The van der Waals surface area contributed by atoms with E-state index in [-0.39, 0.29) is 17.6 Å². The Morgan fingerprint density at radius 1 is 1.16 bits per heavy atom. The first-order valence-corrected chi connectivity index (χ1v) is 9.09. The van der Waals surface area contributed by atoms with Crippen LogP contribution in [0.3, 0.4) is 0 Å². The highest BCUT2D eigenvalue weighted by Crippen LogP contribution is 2.35. The summed E-state index contributed by atoms with van der Waals surface area (Å²) in [5, 5.41) is 11.7. The number of halogens is 2. The molecule has 0 atom stereocenters. The Hall–Kier alpha value is -1.23. The van der Waals surface area contributed by atoms with Gasteiger partial charge in [-0.05, 0) is 23.5 Å². The van der Waals surface area contributed by atoms with Crippen molar-refractivity contribution in [1.82, 2.24) is 4.57 Å². The molecule has 0 aliphatic rings. The Balaban J connectivity index is 2.85. The Morgan fingerprint density at radius 3 is 2.20 bits per heavy atom. The predicted molar refractivity (Wildman–Crippen MR) is 104 cm³/mol. The Bertz CT molecular complexity index is 835. The third-order valence-electron chi connectivity index (χ3n) is 3.71. The van der Waals surface area contributed by atoms with Crippen molar-refractivity contribution in [2.24, 2.45) is 11.3 Å². The van der Waals surface area contributed by atoms with Crippen molar-refractivity contribution in [3.63, 3.8) is 0 Å². The average molecular weight is 386 g/mol. The van der Waals surface area contributed by atoms with Crippen LogP contribution in [0, 0.1) is 11.3 Å². The number of aliphatic hydroxyl groups excluding tert-OH is 1. The summed E-state index contributed by atoms with van der Waals surface area (Å²) in [6, 6.07) is 3.21. The average Bonchev–Trinajstić information content (AvgIpc) is 2.49. The first kappa shape index (κ1) is 20.1. The van der Waals surface area contributed by atoms with Gasteiger partial charge in [-0.25, -0.2) is 0 Å². The normalized spacial score (nSPS) is 12.2. The van der Waals surface area contributed by atoms with Crippen molar-refractivity contribution in [2.75, 3.05) is 6.61 Å². The van der Waals surface area contributed by atoms with Gasteiger partial charge in [0, 0.05) is 11.9 Å². The summed E-state index contributed by atoms with van der Waals surface area (Å²) in [7, 11) is 0. The molecule has 1 N–H and O–H groups in total. The monoisotopic (exact) mass is 385 g/mol. The van der Waals surface area contributed by atoms with Crippen molar-refractivity contribution in [3.8, 4) is 5.75 Å². The van der Waals surface area contributed by atoms with E-state index in [4.69, 9.17) is 27.9 Å². The molecular formula is C19H25Cl2NO3. The number of hydrogen-bond acceptors (Lipinski definition) is 3. The summed E-state index contributed by atoms with van der Waals surface area (Å²) in [4.78, 5) is 13.0. The fourth-order valence-electron chi connectivity index (χ4n) is 2.67. The topological polar surface area (TPSA) is 51.5 Å². The maximum Gasteiger partial charge on any atom is 0.259 e. The number of ether oxygens (including phenoxy) is 1. The van der Waals surface area contributed by atoms with Gasteiger partial charge in [-0.1, -0.05) is 57.8 Å². The number of aliphatic hydroxyl groups is 1. The second-order valence-electron chi connectivity index (χ2n) is 7.90. The molecule has 1 heterocycles. The lowest BCUT2D eigenvalue weighted by molar-refractivity contribution is 0.228. The zero-order valence-electron chi connectivity index (χ0n) is 15.3. The molecule has 0 aliphatic carbocycles. The number of benzene rings is 1. The lowest BCUT2D eigenvalue weighted by Gasteiger charge is -2.25. The summed E-state index contributed by atoms with van der Waals surface area (Å²) in [5.41, 5.74) is 0.114. The van der Waals surface area contributed by atoms with Gasteiger partial charge >= 0.3 is 0 Å². The van der Waals surface area contributed by atoms with Crippen molar-refractivity contribution in [3.05, 3.63) is 38.2 Å². The fourth-order valence-corrected chi connectivity index (χ4v) is 2.99. The molecule has 0 bridgehead atoms. The van der Waals surface area contributed by atoms with Crippen LogP contribution in [-0.2, 0) is 13.2 Å². The highest BCUT2D eigenvalue weighted by atomic mass is 35.5. The highest BCUT2D eigenvalue weighted by molar-refractivity contribution is 6.42. The zero-order valence-corrected chi connectivity index (χ0v) is 16.8. The van der Waals surface area contributed by atoms with E-state index in [0.717, 1.165) is 0 Å². The molecule has 2 rings (SSSR count). The van der Waals surface area contributed by atoms with Gasteiger partial charge in [0.05, 0.1) is 34.3 Å². The van der Waals surface area contributed by atoms with Gasteiger partial charge in [0.25, 0.3) is 5.56 Å². The van der Waals surface area contributed by atoms with Crippen molar-refractivity contribution >= 4 is 34.0 Å². The largest absolute Gasteiger partial charge is 0.491 e. The molecule has 0 amide bonds. The third-order valence-corrected chi connectivity index (χ3v) is 4.43. The number of aromatic nitrogens is 1. The number of rotatable bonds is 5. The molecule has 0 saturated heterocycles. The van der Waals surface area contributed by atoms with E-state index in [9.17, 15) is 9.90 Å². The van der Waals surface area contributed by atoms with Crippen LogP contribution in [0.5, 0.6) is 5.75 Å². The van der Waals surface area contributed by atoms with Crippen LogP contribution in [0.2, 0.25) is 10.0 Å². The van der Waals surface area contributed by atoms with E-state index in [0.29, 0.717) is 51.3 Å². The highest BCUT2D eigenvalue weighted by Gasteiger charge is 2.22. The van der Waals surface area contributed by atoms with E-state index in [1.54, 1.807) is 16.7 Å². The number of pyridine rings is 1. The molecule has 1 aromatic carbocycles. The third kappa shape index (κ3) is 4.49. The van der Waals surface area contributed by atoms with Crippen LogP contribution in [0.15, 0.2) is 16.9 Å². The maximum atomic E-state index is 13.0. The van der Waals surface area contributed by atoms with Gasteiger partial charge in [0.15, 0.2) is 0 Å². The fraction of sp³-hybridized carbons (Fsp3) is 0.526. The summed E-state index contributed by atoms with van der Waals surface area (Å²) >= 11 is 12.3. The molecule has 6 heteroatoms. The molecular weight excluding hydrogens is 361 g/mol. The lowest BCUT2D eigenvalue weighted by atomic mass is 9.96. The van der Waals surface area contributed by atoms with E-state index in [2.05, 4.69) is 0 Å². The van der Waals surface area contributed by atoms with Gasteiger partial charge in [0.1, 0.15) is 5.75 Å². The van der Waals surface area contributed by atoms with E-state index in [1.165, 1.54) is 0 Å². The number of fused-ring (bicyclic) bond motifs is 1. The van der Waals surface area contributed by atoms with Crippen molar-refractivity contribution in [2.45, 2.75) is 47.8 Å². The second kappa shape index (κ2) is 7.56. The Kier molecular flexibility index (Phi) is 6.08. The molecule has 1 aromatic heterocycles. The Labute approximate surface area is 158 Å². The molecule has 0 radical (unpaired) electrons. The van der Waals surface area contributed by atoms with Crippen LogP contribution in [0.25, 0.3) is 10.8 Å². The second-order valence-corrected chi connectivity index (χ2v) is 8.72. The summed E-state index contributed by atoms with van der Waals surface area (Å²) in [6.45, 7) is 10.8.